The van der Waals surface area contributed by atoms with Gasteiger partial charge in [0.1, 0.15) is 0 Å². The fraction of sp³-hybridized carbons (Fsp3) is 0.0667. The van der Waals surface area contributed by atoms with Crippen molar-refractivity contribution in [1.82, 2.24) is 13.7 Å². The van der Waals surface area contributed by atoms with Crippen molar-refractivity contribution in [3.63, 3.8) is 0 Å². The molecule has 222 valence electrons. The van der Waals surface area contributed by atoms with Crippen LogP contribution in [0.25, 0.3) is 98.8 Å². The minimum atomic E-state index is 0.820. The molecular weight excluding hydrogens is 583 g/mol. The van der Waals surface area contributed by atoms with E-state index < -0.39 is 0 Å². The van der Waals surface area contributed by atoms with Crippen molar-refractivity contribution in [3.8, 4) is 33.4 Å². The molecular formula is C45H27N3. The summed E-state index contributed by atoms with van der Waals surface area (Å²) in [5.41, 5.74) is 19.4. The number of benzene rings is 7. The highest BCUT2D eigenvalue weighted by molar-refractivity contribution is 6.14. The van der Waals surface area contributed by atoms with Crippen LogP contribution in [0.5, 0.6) is 0 Å². The number of rotatable bonds is 0. The zero-order valence-electron chi connectivity index (χ0n) is 26.1. The van der Waals surface area contributed by atoms with Crippen LogP contribution in [0.15, 0.2) is 127 Å². The predicted octanol–water partition coefficient (Wildman–Crippen LogP) is 11.1. The van der Waals surface area contributed by atoms with Crippen molar-refractivity contribution in [3.05, 3.63) is 144 Å². The van der Waals surface area contributed by atoms with Gasteiger partial charge >= 0.3 is 0 Å². The molecule has 0 radical (unpaired) electrons. The van der Waals surface area contributed by atoms with Crippen LogP contribution in [-0.4, -0.2) is 13.7 Å². The summed E-state index contributed by atoms with van der Waals surface area (Å²) in [7, 11) is 0. The van der Waals surface area contributed by atoms with Gasteiger partial charge < -0.3 is 13.7 Å². The zero-order valence-corrected chi connectivity index (χ0v) is 26.1. The van der Waals surface area contributed by atoms with E-state index in [1.807, 2.05) is 0 Å². The van der Waals surface area contributed by atoms with Crippen LogP contribution in [0.1, 0.15) is 16.7 Å². The number of nitrogens with zero attached hydrogens (tertiary/aromatic N) is 3. The molecule has 3 aliphatic rings. The molecule has 0 fully saturated rings. The van der Waals surface area contributed by atoms with Gasteiger partial charge in [-0.2, -0.15) is 0 Å². The lowest BCUT2D eigenvalue weighted by Gasteiger charge is -2.15. The molecule has 0 unspecified atom stereocenters. The normalized spacial score (nSPS) is 14.0. The minimum absolute atomic E-state index is 0.820. The summed E-state index contributed by atoms with van der Waals surface area (Å²) in [5, 5.41) is 7.89. The van der Waals surface area contributed by atoms with Gasteiger partial charge in [0.2, 0.25) is 0 Å². The van der Waals surface area contributed by atoms with E-state index >= 15 is 0 Å². The van der Waals surface area contributed by atoms with Crippen molar-refractivity contribution in [2.24, 2.45) is 0 Å². The van der Waals surface area contributed by atoms with Crippen molar-refractivity contribution >= 4 is 65.4 Å². The lowest BCUT2D eigenvalue weighted by molar-refractivity contribution is 0.822. The molecule has 0 saturated heterocycles. The van der Waals surface area contributed by atoms with E-state index in [9.17, 15) is 0 Å². The Labute approximate surface area is 275 Å². The third-order valence-corrected chi connectivity index (χ3v) is 11.7. The molecule has 0 N–H and O–H groups in total. The third-order valence-electron chi connectivity index (χ3n) is 11.7. The highest BCUT2D eigenvalue weighted by Crippen LogP contribution is 2.42. The van der Waals surface area contributed by atoms with Crippen molar-refractivity contribution < 1.29 is 0 Å². The monoisotopic (exact) mass is 609 g/mol. The number of hydrogen-bond acceptors (Lipinski definition) is 0. The highest BCUT2D eigenvalue weighted by Gasteiger charge is 2.21. The Bertz CT molecular complexity index is 2620. The Morgan fingerprint density at radius 2 is 0.458 bits per heavy atom. The maximum Gasteiger partial charge on any atom is 0.0500 e. The summed E-state index contributed by atoms with van der Waals surface area (Å²) in [4.78, 5) is 0. The molecule has 3 aliphatic heterocycles. The van der Waals surface area contributed by atoms with Crippen molar-refractivity contribution in [1.29, 1.82) is 0 Å². The fourth-order valence-corrected chi connectivity index (χ4v) is 9.54. The molecule has 6 heterocycles. The summed E-state index contributed by atoms with van der Waals surface area (Å²) < 4.78 is 7.72. The highest BCUT2D eigenvalue weighted by atomic mass is 15.0. The molecule has 7 aromatic carbocycles. The van der Waals surface area contributed by atoms with E-state index in [0.717, 1.165) is 19.6 Å². The predicted molar refractivity (Wildman–Crippen MR) is 199 cm³/mol. The molecule has 48 heavy (non-hydrogen) atoms. The maximum atomic E-state index is 2.57. The van der Waals surface area contributed by atoms with Gasteiger partial charge in [-0.25, -0.2) is 0 Å². The van der Waals surface area contributed by atoms with Gasteiger partial charge in [-0.15, -0.1) is 0 Å². The topological polar surface area (TPSA) is 14.8 Å². The van der Waals surface area contributed by atoms with Crippen LogP contribution in [0.3, 0.4) is 0 Å². The summed E-state index contributed by atoms with van der Waals surface area (Å²) in [5.74, 6) is 0. The molecule has 18 bridgehead atoms. The first-order valence-electron chi connectivity index (χ1n) is 17.0. The van der Waals surface area contributed by atoms with E-state index in [1.54, 1.807) is 0 Å². The fourth-order valence-electron chi connectivity index (χ4n) is 9.54. The largest absolute Gasteiger partial charge is 0.336 e. The van der Waals surface area contributed by atoms with E-state index in [0.29, 0.717) is 0 Å². The SMILES string of the molecule is c1c2cc3cc1Cn1c4cc5ccc4c4ccc(cc41)-c1ccc4c6ccc(cc6n(c4c1)C3)-c1ccc3c4ccc-5cc4n(c3c1)C2. The molecule has 0 aliphatic carbocycles. The maximum absolute atomic E-state index is 2.57. The average Bonchev–Trinajstić information content (AvgIpc) is 3.71. The van der Waals surface area contributed by atoms with Crippen molar-refractivity contribution in [2.75, 3.05) is 0 Å². The molecule has 0 atom stereocenters. The minimum Gasteiger partial charge on any atom is -0.336 e. The summed E-state index contributed by atoms with van der Waals surface area (Å²) in [6, 6.07) is 50.1. The number of hydrogen-bond donors (Lipinski definition) is 0. The molecule has 13 rings (SSSR count). The molecule has 0 amide bonds. The first kappa shape index (κ1) is 24.2. The van der Waals surface area contributed by atoms with Gasteiger partial charge in [0, 0.05) is 52.0 Å². The van der Waals surface area contributed by atoms with Crippen LogP contribution in [-0.2, 0) is 19.6 Å². The first-order valence-corrected chi connectivity index (χ1v) is 17.0. The summed E-state index contributed by atoms with van der Waals surface area (Å²) >= 11 is 0. The van der Waals surface area contributed by atoms with E-state index in [2.05, 4.69) is 141 Å². The molecule has 10 aromatic rings. The van der Waals surface area contributed by atoms with Crippen LogP contribution >= 0.6 is 0 Å². The van der Waals surface area contributed by atoms with Gasteiger partial charge in [0.05, 0.1) is 33.1 Å². The van der Waals surface area contributed by atoms with E-state index in [1.165, 1.54) is 115 Å². The van der Waals surface area contributed by atoms with Gasteiger partial charge in [0.25, 0.3) is 0 Å². The van der Waals surface area contributed by atoms with Crippen LogP contribution in [0.2, 0.25) is 0 Å². The third kappa shape index (κ3) is 2.92. The zero-order chi connectivity index (χ0) is 30.8. The number of fused-ring (bicyclic) bond motifs is 12. The Balaban J connectivity index is 1.32. The first-order chi connectivity index (χ1) is 23.7. The summed E-state index contributed by atoms with van der Waals surface area (Å²) in [6.07, 6.45) is 0. The Kier molecular flexibility index (Phi) is 4.06. The quantitative estimate of drug-likeness (QED) is 0.162. The Morgan fingerprint density at radius 1 is 0.250 bits per heavy atom. The van der Waals surface area contributed by atoms with Crippen LogP contribution in [0.4, 0.5) is 0 Å². The molecule has 0 spiro atoms. The Hall–Kier alpha value is -6.06. The lowest BCUT2D eigenvalue weighted by atomic mass is 9.99. The molecule has 0 saturated carbocycles. The standard InChI is InChI=1S/C45H27N3/c1-7-34-35-9-3-30-18-42(35)46-22-25-13-26-15-27(14-25)24-48-44-20-31(30)5-11-38(44)39-12-6-33(21-45(39)48)32-4-10-37-36-8-2-29(28(1)16-40(34)46)17-41(36)47(23-26)43(37)19-32/h1-21H,22-24H2. The smallest absolute Gasteiger partial charge is 0.0500 e. The summed E-state index contributed by atoms with van der Waals surface area (Å²) in [6.45, 7) is 2.46. The second-order valence-electron chi connectivity index (χ2n) is 14.3. The molecule has 3 heteroatoms. The number of aromatic nitrogens is 3. The molecule has 3 aromatic heterocycles. The van der Waals surface area contributed by atoms with Crippen LogP contribution < -0.4 is 0 Å². The average molecular weight is 610 g/mol. The van der Waals surface area contributed by atoms with Gasteiger partial charge in [-0.3, -0.25) is 0 Å². The molecule has 3 nitrogen and oxygen atoms in total. The second kappa shape index (κ2) is 8.07. The van der Waals surface area contributed by atoms with Gasteiger partial charge in [-0.1, -0.05) is 91.0 Å². The van der Waals surface area contributed by atoms with Gasteiger partial charge in [0.15, 0.2) is 0 Å². The second-order valence-corrected chi connectivity index (χ2v) is 14.3. The van der Waals surface area contributed by atoms with Crippen molar-refractivity contribution in [2.45, 2.75) is 19.6 Å². The van der Waals surface area contributed by atoms with E-state index in [-0.39, 0.29) is 0 Å². The van der Waals surface area contributed by atoms with Gasteiger partial charge in [-0.05, 0) is 86.5 Å². The van der Waals surface area contributed by atoms with Crippen LogP contribution in [0, 0.1) is 0 Å². The lowest BCUT2D eigenvalue weighted by Crippen LogP contribution is -2.06. The Morgan fingerprint density at radius 3 is 0.667 bits per heavy atom. The van der Waals surface area contributed by atoms with E-state index in [4.69, 9.17) is 0 Å².